The molecule has 0 aliphatic carbocycles. The van der Waals surface area contributed by atoms with Crippen LogP contribution in [0.3, 0.4) is 0 Å². The standard InChI is InChI=1S/C19H26O7/c1-18(2,23)14(20)9-12-13(25-10-15(21)19(3,4)24)7-5-11-6-8-16(22)26-17(11)12/h5-8,14-15,20-21,23-24H,9-10H2,1-4H3/t14-,15+/m0/s1. The van der Waals surface area contributed by atoms with Crippen molar-refractivity contribution in [3.8, 4) is 5.75 Å². The Labute approximate surface area is 151 Å². The minimum absolute atomic E-state index is 0.0261. The molecule has 0 aliphatic rings. The van der Waals surface area contributed by atoms with E-state index in [1.165, 1.54) is 33.8 Å². The fourth-order valence-electron chi connectivity index (χ4n) is 2.32. The number of rotatable bonds is 7. The molecule has 144 valence electrons. The summed E-state index contributed by atoms with van der Waals surface area (Å²) < 4.78 is 10.9. The number of fused-ring (bicyclic) bond motifs is 1. The Morgan fingerprint density at radius 2 is 1.58 bits per heavy atom. The highest BCUT2D eigenvalue weighted by molar-refractivity contribution is 5.82. The number of aliphatic hydroxyl groups is 4. The van der Waals surface area contributed by atoms with Gasteiger partial charge in [-0.2, -0.15) is 0 Å². The highest BCUT2D eigenvalue weighted by Gasteiger charge is 2.29. The number of benzene rings is 1. The fourth-order valence-corrected chi connectivity index (χ4v) is 2.32. The van der Waals surface area contributed by atoms with Crippen LogP contribution in [0.2, 0.25) is 0 Å². The molecule has 0 saturated carbocycles. The van der Waals surface area contributed by atoms with E-state index in [1.807, 2.05) is 0 Å². The number of hydrogen-bond donors (Lipinski definition) is 4. The summed E-state index contributed by atoms with van der Waals surface area (Å²) in [5.74, 6) is 0.290. The first-order chi connectivity index (χ1) is 11.9. The van der Waals surface area contributed by atoms with Crippen LogP contribution in [0.4, 0.5) is 0 Å². The second-order valence-electron chi connectivity index (χ2n) is 7.57. The van der Waals surface area contributed by atoms with Crippen molar-refractivity contribution in [1.82, 2.24) is 0 Å². The van der Waals surface area contributed by atoms with Crippen LogP contribution in [0.15, 0.2) is 33.5 Å². The van der Waals surface area contributed by atoms with Crippen LogP contribution < -0.4 is 10.4 Å². The van der Waals surface area contributed by atoms with Gasteiger partial charge in [0, 0.05) is 23.4 Å². The second kappa shape index (κ2) is 7.36. The maximum atomic E-state index is 11.6. The molecule has 1 aromatic heterocycles. The Morgan fingerprint density at radius 1 is 1.00 bits per heavy atom. The average Bonchev–Trinajstić information content (AvgIpc) is 2.51. The SMILES string of the molecule is CC(C)(O)[C@H](O)COc1ccc2ccc(=O)oc2c1C[C@H](O)C(C)(C)O. The molecule has 0 radical (unpaired) electrons. The van der Waals surface area contributed by atoms with Gasteiger partial charge in [0.2, 0.25) is 0 Å². The summed E-state index contributed by atoms with van der Waals surface area (Å²) in [5.41, 5.74) is -2.63. The van der Waals surface area contributed by atoms with E-state index in [2.05, 4.69) is 0 Å². The third kappa shape index (κ3) is 4.82. The molecule has 0 bridgehead atoms. The van der Waals surface area contributed by atoms with E-state index in [9.17, 15) is 25.2 Å². The normalized spacial score (nSPS) is 15.1. The topological polar surface area (TPSA) is 120 Å². The Hall–Kier alpha value is -1.93. The lowest BCUT2D eigenvalue weighted by Crippen LogP contribution is -2.40. The van der Waals surface area contributed by atoms with Crippen LogP contribution in [-0.2, 0) is 6.42 Å². The lowest BCUT2D eigenvalue weighted by atomic mass is 9.94. The third-order valence-electron chi connectivity index (χ3n) is 4.27. The zero-order valence-corrected chi connectivity index (χ0v) is 15.4. The van der Waals surface area contributed by atoms with Gasteiger partial charge >= 0.3 is 5.63 Å². The molecule has 26 heavy (non-hydrogen) atoms. The molecule has 1 heterocycles. The zero-order valence-electron chi connectivity index (χ0n) is 15.4. The Bertz CT molecular complexity index is 811. The average molecular weight is 366 g/mol. The fraction of sp³-hybridized carbons (Fsp3) is 0.526. The van der Waals surface area contributed by atoms with E-state index in [0.29, 0.717) is 16.7 Å². The third-order valence-corrected chi connectivity index (χ3v) is 4.27. The second-order valence-corrected chi connectivity index (χ2v) is 7.57. The van der Waals surface area contributed by atoms with Crippen LogP contribution >= 0.6 is 0 Å². The molecule has 4 N–H and O–H groups in total. The Kier molecular flexibility index (Phi) is 5.77. The first kappa shape index (κ1) is 20.4. The molecule has 2 aromatic rings. The monoisotopic (exact) mass is 366 g/mol. The zero-order chi connectivity index (χ0) is 19.7. The lowest BCUT2D eigenvalue weighted by molar-refractivity contribution is -0.0666. The molecule has 0 spiro atoms. The van der Waals surface area contributed by atoms with E-state index in [4.69, 9.17) is 9.15 Å². The largest absolute Gasteiger partial charge is 0.490 e. The van der Waals surface area contributed by atoms with E-state index in [1.54, 1.807) is 18.2 Å². The molecule has 2 atom stereocenters. The molecule has 0 unspecified atom stereocenters. The summed E-state index contributed by atoms with van der Waals surface area (Å²) in [6.45, 7) is 5.66. The smallest absolute Gasteiger partial charge is 0.336 e. The molecule has 2 rings (SSSR count). The van der Waals surface area contributed by atoms with Crippen molar-refractivity contribution in [3.05, 3.63) is 40.2 Å². The van der Waals surface area contributed by atoms with Crippen LogP contribution in [-0.4, -0.2) is 50.4 Å². The van der Waals surface area contributed by atoms with Gasteiger partial charge in [0.05, 0.1) is 17.3 Å². The van der Waals surface area contributed by atoms with Crippen molar-refractivity contribution in [2.75, 3.05) is 6.61 Å². The number of ether oxygens (including phenoxy) is 1. The van der Waals surface area contributed by atoms with Crippen molar-refractivity contribution in [3.63, 3.8) is 0 Å². The minimum atomic E-state index is -1.37. The van der Waals surface area contributed by atoms with Crippen molar-refractivity contribution < 1.29 is 29.6 Å². The van der Waals surface area contributed by atoms with Gasteiger partial charge in [-0.1, -0.05) is 0 Å². The van der Waals surface area contributed by atoms with Gasteiger partial charge in [0.25, 0.3) is 0 Å². The maximum Gasteiger partial charge on any atom is 0.336 e. The molecular weight excluding hydrogens is 340 g/mol. The Morgan fingerprint density at radius 3 is 2.15 bits per heavy atom. The van der Waals surface area contributed by atoms with Crippen molar-refractivity contribution in [2.24, 2.45) is 0 Å². The summed E-state index contributed by atoms with van der Waals surface area (Å²) in [5, 5.41) is 40.8. The molecule has 0 fully saturated rings. The van der Waals surface area contributed by atoms with Gasteiger partial charge < -0.3 is 29.6 Å². The van der Waals surface area contributed by atoms with Gasteiger partial charge in [0.1, 0.15) is 24.0 Å². The summed E-state index contributed by atoms with van der Waals surface area (Å²) in [7, 11) is 0. The summed E-state index contributed by atoms with van der Waals surface area (Å²) in [6.07, 6.45) is -2.31. The molecule has 1 aromatic carbocycles. The molecule has 0 saturated heterocycles. The van der Waals surface area contributed by atoms with Gasteiger partial charge in [-0.15, -0.1) is 0 Å². The number of aliphatic hydroxyl groups excluding tert-OH is 2. The summed E-state index contributed by atoms with van der Waals surface area (Å²) >= 11 is 0. The minimum Gasteiger partial charge on any atom is -0.490 e. The van der Waals surface area contributed by atoms with E-state index < -0.39 is 29.0 Å². The van der Waals surface area contributed by atoms with E-state index in [-0.39, 0.29) is 18.6 Å². The van der Waals surface area contributed by atoms with Crippen LogP contribution in [0.5, 0.6) is 5.75 Å². The Balaban J connectivity index is 2.45. The molecular formula is C19H26O7. The van der Waals surface area contributed by atoms with E-state index >= 15 is 0 Å². The van der Waals surface area contributed by atoms with Crippen molar-refractivity contribution in [1.29, 1.82) is 0 Å². The maximum absolute atomic E-state index is 11.6. The molecule has 0 aliphatic heterocycles. The highest BCUT2D eigenvalue weighted by atomic mass is 16.5. The van der Waals surface area contributed by atoms with Crippen LogP contribution in [0.1, 0.15) is 33.3 Å². The summed E-state index contributed by atoms with van der Waals surface area (Å²) in [6, 6.07) is 6.20. The quantitative estimate of drug-likeness (QED) is 0.539. The van der Waals surface area contributed by atoms with E-state index in [0.717, 1.165) is 0 Å². The van der Waals surface area contributed by atoms with Crippen molar-refractivity contribution >= 4 is 11.0 Å². The van der Waals surface area contributed by atoms with Gasteiger partial charge in [-0.05, 0) is 45.9 Å². The molecule has 7 nitrogen and oxygen atoms in total. The highest BCUT2D eigenvalue weighted by Crippen LogP contribution is 2.30. The molecule has 0 amide bonds. The van der Waals surface area contributed by atoms with Crippen LogP contribution in [0.25, 0.3) is 11.0 Å². The summed E-state index contributed by atoms with van der Waals surface area (Å²) in [4.78, 5) is 11.6. The van der Waals surface area contributed by atoms with Gasteiger partial charge in [0.15, 0.2) is 0 Å². The lowest BCUT2D eigenvalue weighted by Gasteiger charge is -2.27. The van der Waals surface area contributed by atoms with Crippen LogP contribution in [0, 0.1) is 0 Å². The first-order valence-electron chi connectivity index (χ1n) is 8.39. The predicted molar refractivity (Wildman–Crippen MR) is 96.3 cm³/mol. The molecule has 7 heteroatoms. The van der Waals surface area contributed by atoms with Gasteiger partial charge in [-0.3, -0.25) is 0 Å². The first-order valence-corrected chi connectivity index (χ1v) is 8.39. The van der Waals surface area contributed by atoms with Gasteiger partial charge in [-0.25, -0.2) is 4.79 Å². The van der Waals surface area contributed by atoms with Crippen molar-refractivity contribution in [2.45, 2.75) is 57.5 Å². The predicted octanol–water partition coefficient (Wildman–Crippen LogP) is 0.978. The number of hydrogen-bond acceptors (Lipinski definition) is 7.